The first-order valence-electron chi connectivity index (χ1n) is 12.0. The van der Waals surface area contributed by atoms with Crippen molar-refractivity contribution in [1.82, 2.24) is 0 Å². The average molecular weight is 503 g/mol. The smallest absolute Gasteiger partial charge is 0.239 e. The van der Waals surface area contributed by atoms with Gasteiger partial charge in [0.1, 0.15) is 28.8 Å². The van der Waals surface area contributed by atoms with Crippen molar-refractivity contribution in [2.24, 2.45) is 0 Å². The van der Waals surface area contributed by atoms with Crippen LogP contribution in [-0.4, -0.2) is 49.1 Å². The second-order valence-electron chi connectivity index (χ2n) is 9.32. The minimum atomic E-state index is -0.717. The van der Waals surface area contributed by atoms with E-state index in [1.54, 1.807) is 60.7 Å². The first-order valence-corrected chi connectivity index (χ1v) is 12.0. The van der Waals surface area contributed by atoms with Gasteiger partial charge in [-0.1, -0.05) is 48.5 Å². The zero-order valence-corrected chi connectivity index (χ0v) is 20.3. The maximum absolute atomic E-state index is 13.7. The maximum Gasteiger partial charge on any atom is 0.239 e. The second-order valence-corrected chi connectivity index (χ2v) is 9.32. The van der Waals surface area contributed by atoms with Gasteiger partial charge in [-0.3, -0.25) is 19.2 Å². The number of fused-ring (bicyclic) bond motifs is 7. The summed E-state index contributed by atoms with van der Waals surface area (Å²) in [6.07, 6.45) is 1.65. The lowest BCUT2D eigenvalue weighted by Gasteiger charge is -2.32. The SMILES string of the molecule is COC1=CC2=[NH+]c3c(cc(OC)c4c3C(=O)c3ccccc3C4=O)NC2C2=C1C(=O)c1ccccc1C2=O. The van der Waals surface area contributed by atoms with Crippen LogP contribution in [-0.2, 0) is 4.74 Å². The molecule has 7 rings (SSSR count). The number of carbonyl (C=O) groups is 4. The standard InChI is InChI=1S/C30H18N2O6/c1-37-19-11-17-25(23-21(19)27(33)13-7-3-5-9-15(13)29(23)35)32-18-12-20(38-2)22-24(26(18)31-17)30(36)16-10-6-4-8-14(16)28(22)34/h3-12,25,32H,1-2H3/p+1. The summed E-state index contributed by atoms with van der Waals surface area (Å²) in [7, 11) is 2.87. The molecule has 8 heteroatoms. The molecule has 0 saturated carbocycles. The van der Waals surface area contributed by atoms with Gasteiger partial charge in [-0.2, -0.15) is 0 Å². The number of ether oxygens (including phenoxy) is 2. The Balaban J connectivity index is 1.46. The molecule has 184 valence electrons. The normalized spacial score (nSPS) is 18.6. The molecule has 1 unspecified atom stereocenters. The Morgan fingerprint density at radius 2 is 1.32 bits per heavy atom. The molecular weight excluding hydrogens is 484 g/mol. The van der Waals surface area contributed by atoms with E-state index in [2.05, 4.69) is 10.3 Å². The molecule has 3 aliphatic carbocycles. The summed E-state index contributed by atoms with van der Waals surface area (Å²) in [5.41, 5.74) is 3.46. The van der Waals surface area contributed by atoms with E-state index in [1.165, 1.54) is 14.2 Å². The highest BCUT2D eigenvalue weighted by molar-refractivity contribution is 6.34. The molecule has 8 nitrogen and oxygen atoms in total. The first-order chi connectivity index (χ1) is 18.4. The van der Waals surface area contributed by atoms with Gasteiger partial charge in [0.25, 0.3) is 0 Å². The Kier molecular flexibility index (Phi) is 4.48. The molecule has 0 radical (unpaired) electrons. The van der Waals surface area contributed by atoms with E-state index in [0.29, 0.717) is 39.3 Å². The number of hydrogen-bond donors (Lipinski definition) is 2. The van der Waals surface area contributed by atoms with Crippen molar-refractivity contribution < 1.29 is 33.6 Å². The van der Waals surface area contributed by atoms with Gasteiger partial charge in [-0.05, 0) is 0 Å². The lowest BCUT2D eigenvalue weighted by molar-refractivity contribution is -0.355. The second kappa shape index (κ2) is 7.69. The van der Waals surface area contributed by atoms with Crippen LogP contribution in [0.25, 0.3) is 0 Å². The molecule has 4 aliphatic rings. The minimum Gasteiger partial charge on any atom is -0.496 e. The van der Waals surface area contributed by atoms with E-state index in [4.69, 9.17) is 9.47 Å². The molecule has 0 amide bonds. The molecule has 0 spiro atoms. The molecule has 0 bridgehead atoms. The van der Waals surface area contributed by atoms with Gasteiger partial charge in [0.15, 0.2) is 17.3 Å². The van der Waals surface area contributed by atoms with Crippen molar-refractivity contribution in [2.45, 2.75) is 6.04 Å². The summed E-state index contributed by atoms with van der Waals surface area (Å²) < 4.78 is 11.1. The minimum absolute atomic E-state index is 0.174. The third kappa shape index (κ3) is 2.71. The number of benzene rings is 3. The number of allylic oxidation sites excluding steroid dienone is 1. The number of carbonyl (C=O) groups excluding carboxylic acids is 4. The fourth-order valence-electron chi connectivity index (χ4n) is 5.75. The van der Waals surface area contributed by atoms with E-state index in [9.17, 15) is 19.2 Å². The van der Waals surface area contributed by atoms with Gasteiger partial charge < -0.3 is 14.8 Å². The third-order valence-corrected chi connectivity index (χ3v) is 7.46. The zero-order chi connectivity index (χ0) is 26.3. The highest BCUT2D eigenvalue weighted by Gasteiger charge is 2.48. The van der Waals surface area contributed by atoms with Crippen LogP contribution < -0.4 is 15.0 Å². The topological polar surface area (TPSA) is 113 Å². The van der Waals surface area contributed by atoms with Crippen LogP contribution >= 0.6 is 0 Å². The van der Waals surface area contributed by atoms with Gasteiger partial charge in [0.05, 0.1) is 31.4 Å². The van der Waals surface area contributed by atoms with Gasteiger partial charge in [-0.25, -0.2) is 4.99 Å². The predicted molar refractivity (Wildman–Crippen MR) is 137 cm³/mol. The number of anilines is 1. The molecular formula is C30H19N2O6+. The summed E-state index contributed by atoms with van der Waals surface area (Å²) in [5.74, 6) is -0.733. The highest BCUT2D eigenvalue weighted by atomic mass is 16.5. The third-order valence-electron chi connectivity index (χ3n) is 7.46. The van der Waals surface area contributed by atoms with Crippen LogP contribution in [0.5, 0.6) is 5.75 Å². The monoisotopic (exact) mass is 503 g/mol. The number of methoxy groups -OCH3 is 2. The molecule has 1 heterocycles. The largest absolute Gasteiger partial charge is 0.496 e. The molecule has 1 atom stereocenters. The Bertz CT molecular complexity index is 1790. The summed E-state index contributed by atoms with van der Waals surface area (Å²) in [6, 6.07) is 14.3. The molecule has 3 aromatic rings. The lowest BCUT2D eigenvalue weighted by atomic mass is 9.75. The number of ketones is 4. The van der Waals surface area contributed by atoms with Crippen molar-refractivity contribution >= 4 is 40.2 Å². The molecule has 0 aromatic heterocycles. The highest BCUT2D eigenvalue weighted by Crippen LogP contribution is 2.43. The van der Waals surface area contributed by atoms with E-state index in [1.807, 2.05) is 0 Å². The summed E-state index contributed by atoms with van der Waals surface area (Å²) in [4.78, 5) is 57.7. The molecule has 3 aromatic carbocycles. The first kappa shape index (κ1) is 22.1. The van der Waals surface area contributed by atoms with E-state index >= 15 is 0 Å². The predicted octanol–water partition coefficient (Wildman–Crippen LogP) is 2.34. The van der Waals surface area contributed by atoms with E-state index in [-0.39, 0.29) is 56.9 Å². The Hall–Kier alpha value is -5.11. The summed E-state index contributed by atoms with van der Waals surface area (Å²) in [5, 5.41) is 3.33. The molecule has 0 saturated heterocycles. The van der Waals surface area contributed by atoms with E-state index < -0.39 is 6.04 Å². The maximum atomic E-state index is 13.7. The van der Waals surface area contributed by atoms with Gasteiger partial charge in [0.2, 0.25) is 17.2 Å². The van der Waals surface area contributed by atoms with Crippen molar-refractivity contribution in [2.75, 3.05) is 19.5 Å². The van der Waals surface area contributed by atoms with Crippen molar-refractivity contribution in [3.05, 3.63) is 111 Å². The van der Waals surface area contributed by atoms with Crippen LogP contribution in [0.1, 0.15) is 52.6 Å². The van der Waals surface area contributed by atoms with Crippen LogP contribution in [0, 0.1) is 0 Å². The van der Waals surface area contributed by atoms with Crippen LogP contribution in [0.15, 0.2) is 77.6 Å². The molecule has 38 heavy (non-hydrogen) atoms. The van der Waals surface area contributed by atoms with Gasteiger partial charge in [-0.15, -0.1) is 0 Å². The number of hydrogen-bond acceptors (Lipinski definition) is 7. The Labute approximate surface area is 216 Å². The Morgan fingerprint density at radius 3 is 1.92 bits per heavy atom. The van der Waals surface area contributed by atoms with E-state index in [0.717, 1.165) is 0 Å². The summed E-state index contributed by atoms with van der Waals surface area (Å²) in [6.45, 7) is 0. The Morgan fingerprint density at radius 1 is 0.737 bits per heavy atom. The zero-order valence-electron chi connectivity index (χ0n) is 20.3. The van der Waals surface area contributed by atoms with Crippen LogP contribution in [0.4, 0.5) is 11.4 Å². The van der Waals surface area contributed by atoms with Gasteiger partial charge >= 0.3 is 0 Å². The van der Waals surface area contributed by atoms with Crippen molar-refractivity contribution in [3.8, 4) is 5.75 Å². The van der Waals surface area contributed by atoms with Crippen molar-refractivity contribution in [1.29, 1.82) is 0 Å². The lowest BCUT2D eigenvalue weighted by Crippen LogP contribution is -2.74. The summed E-state index contributed by atoms with van der Waals surface area (Å²) >= 11 is 0. The fourth-order valence-corrected chi connectivity index (χ4v) is 5.75. The van der Waals surface area contributed by atoms with Gasteiger partial charge in [0, 0.05) is 33.9 Å². The van der Waals surface area contributed by atoms with Crippen molar-refractivity contribution in [3.63, 3.8) is 0 Å². The molecule has 2 N–H and O–H groups in total. The number of nitrogens with one attached hydrogen (secondary N) is 2. The quantitative estimate of drug-likeness (QED) is 0.432. The van der Waals surface area contributed by atoms with Crippen LogP contribution in [0.3, 0.4) is 0 Å². The number of rotatable bonds is 2. The number of Topliss-reactive ketones (excluding diaryl/α,β-unsaturated/α-hetero) is 2. The molecule has 1 aliphatic heterocycles. The average Bonchev–Trinajstić information content (AvgIpc) is 2.95. The molecule has 0 fully saturated rings. The van der Waals surface area contributed by atoms with Crippen LogP contribution in [0.2, 0.25) is 0 Å². The fraction of sp³-hybridized carbons (Fsp3) is 0.100.